The van der Waals surface area contributed by atoms with E-state index in [2.05, 4.69) is 0 Å². The van der Waals surface area contributed by atoms with Crippen molar-refractivity contribution in [3.05, 3.63) is 34.4 Å². The van der Waals surface area contributed by atoms with Crippen molar-refractivity contribution in [2.24, 2.45) is 0 Å². The summed E-state index contributed by atoms with van der Waals surface area (Å²) in [7, 11) is 0. The SMILES string of the molecule is N#CCN(C(=O)O)c1ccc([N+](=O)[O-])cc1. The highest BCUT2D eigenvalue weighted by atomic mass is 16.6. The van der Waals surface area contributed by atoms with E-state index in [4.69, 9.17) is 10.4 Å². The summed E-state index contributed by atoms with van der Waals surface area (Å²) in [6.45, 7) is -0.326. The van der Waals surface area contributed by atoms with Crippen molar-refractivity contribution >= 4 is 17.5 Å². The van der Waals surface area contributed by atoms with Gasteiger partial charge in [-0.2, -0.15) is 5.26 Å². The van der Waals surface area contributed by atoms with Gasteiger partial charge in [0.2, 0.25) is 0 Å². The van der Waals surface area contributed by atoms with Gasteiger partial charge in [-0.3, -0.25) is 15.0 Å². The van der Waals surface area contributed by atoms with Crippen LogP contribution in [0.2, 0.25) is 0 Å². The molecule has 0 aliphatic carbocycles. The molecule has 0 fully saturated rings. The van der Waals surface area contributed by atoms with Gasteiger partial charge in [0.25, 0.3) is 5.69 Å². The molecular weight excluding hydrogens is 214 g/mol. The average molecular weight is 221 g/mol. The lowest BCUT2D eigenvalue weighted by Gasteiger charge is -2.14. The summed E-state index contributed by atoms with van der Waals surface area (Å²) < 4.78 is 0. The molecule has 0 saturated carbocycles. The highest BCUT2D eigenvalue weighted by Gasteiger charge is 2.14. The molecule has 7 nitrogen and oxygen atoms in total. The Hall–Kier alpha value is -2.62. The van der Waals surface area contributed by atoms with Gasteiger partial charge >= 0.3 is 6.09 Å². The maximum Gasteiger partial charge on any atom is 0.412 e. The summed E-state index contributed by atoms with van der Waals surface area (Å²) in [5.74, 6) is 0. The third-order valence-electron chi connectivity index (χ3n) is 1.83. The van der Waals surface area contributed by atoms with E-state index in [1.807, 2.05) is 0 Å². The number of carboxylic acid groups (broad SMARTS) is 1. The molecule has 0 radical (unpaired) electrons. The van der Waals surface area contributed by atoms with Gasteiger partial charge in [0.1, 0.15) is 6.54 Å². The van der Waals surface area contributed by atoms with E-state index in [9.17, 15) is 14.9 Å². The minimum Gasteiger partial charge on any atom is -0.465 e. The van der Waals surface area contributed by atoms with Crippen LogP contribution in [0.15, 0.2) is 24.3 Å². The summed E-state index contributed by atoms with van der Waals surface area (Å²) in [5.41, 5.74) is 0.0886. The van der Waals surface area contributed by atoms with Crippen LogP contribution in [0.4, 0.5) is 16.2 Å². The highest BCUT2D eigenvalue weighted by Crippen LogP contribution is 2.19. The lowest BCUT2D eigenvalue weighted by atomic mass is 10.2. The smallest absolute Gasteiger partial charge is 0.412 e. The van der Waals surface area contributed by atoms with Crippen LogP contribution in [0.1, 0.15) is 0 Å². The zero-order chi connectivity index (χ0) is 12.1. The molecule has 1 aromatic rings. The molecule has 7 heteroatoms. The van der Waals surface area contributed by atoms with E-state index in [0.29, 0.717) is 0 Å². The van der Waals surface area contributed by atoms with Crippen molar-refractivity contribution < 1.29 is 14.8 Å². The maximum atomic E-state index is 10.7. The molecule has 16 heavy (non-hydrogen) atoms. The van der Waals surface area contributed by atoms with Crippen molar-refractivity contribution in [3.63, 3.8) is 0 Å². The molecular formula is C9H7N3O4. The molecule has 0 aliphatic heterocycles. The number of amides is 1. The fourth-order valence-corrected chi connectivity index (χ4v) is 1.09. The number of non-ortho nitro benzene ring substituents is 1. The first-order valence-corrected chi connectivity index (χ1v) is 4.18. The van der Waals surface area contributed by atoms with Crippen molar-refractivity contribution in [2.45, 2.75) is 0 Å². The highest BCUT2D eigenvalue weighted by molar-refractivity contribution is 5.86. The molecule has 0 aliphatic rings. The summed E-state index contributed by atoms with van der Waals surface area (Å²) in [4.78, 5) is 21.3. The minimum atomic E-state index is -1.28. The van der Waals surface area contributed by atoms with Gasteiger partial charge in [0, 0.05) is 17.8 Å². The fraction of sp³-hybridized carbons (Fsp3) is 0.111. The molecule has 1 aromatic carbocycles. The van der Waals surface area contributed by atoms with Crippen LogP contribution in [-0.2, 0) is 0 Å². The first kappa shape index (κ1) is 11.5. The number of hydrogen-bond donors (Lipinski definition) is 1. The second-order valence-corrected chi connectivity index (χ2v) is 2.80. The Labute approximate surface area is 90.3 Å². The third-order valence-corrected chi connectivity index (χ3v) is 1.83. The summed E-state index contributed by atoms with van der Waals surface area (Å²) in [5, 5.41) is 27.6. The lowest BCUT2D eigenvalue weighted by Crippen LogP contribution is -2.29. The predicted octanol–water partition coefficient (Wildman–Crippen LogP) is 1.60. The van der Waals surface area contributed by atoms with Gasteiger partial charge in [0.15, 0.2) is 0 Å². The quantitative estimate of drug-likeness (QED) is 0.473. The number of nitro groups is 1. The summed E-state index contributed by atoms with van der Waals surface area (Å²) in [6, 6.07) is 6.63. The van der Waals surface area contributed by atoms with Crippen LogP contribution < -0.4 is 4.90 Å². The third kappa shape index (κ3) is 2.45. The van der Waals surface area contributed by atoms with Crippen LogP contribution in [-0.4, -0.2) is 22.7 Å². The van der Waals surface area contributed by atoms with Crippen molar-refractivity contribution in [3.8, 4) is 6.07 Å². The first-order chi connectivity index (χ1) is 7.56. The zero-order valence-corrected chi connectivity index (χ0v) is 8.03. The first-order valence-electron chi connectivity index (χ1n) is 4.18. The predicted molar refractivity (Wildman–Crippen MR) is 54.1 cm³/mol. The van der Waals surface area contributed by atoms with E-state index < -0.39 is 11.0 Å². The minimum absolute atomic E-state index is 0.133. The second-order valence-electron chi connectivity index (χ2n) is 2.80. The van der Waals surface area contributed by atoms with E-state index in [-0.39, 0.29) is 17.9 Å². The maximum absolute atomic E-state index is 10.7. The van der Waals surface area contributed by atoms with Crippen molar-refractivity contribution in [1.82, 2.24) is 0 Å². The van der Waals surface area contributed by atoms with Gasteiger partial charge < -0.3 is 5.11 Å². The number of nitro benzene ring substituents is 1. The van der Waals surface area contributed by atoms with E-state index in [1.54, 1.807) is 6.07 Å². The van der Waals surface area contributed by atoms with E-state index >= 15 is 0 Å². The number of anilines is 1. The van der Waals surface area contributed by atoms with Gasteiger partial charge in [-0.25, -0.2) is 4.79 Å². The number of rotatable bonds is 3. The molecule has 1 N–H and O–H groups in total. The molecule has 1 rings (SSSR count). The Morgan fingerprint density at radius 1 is 1.50 bits per heavy atom. The van der Waals surface area contributed by atoms with E-state index in [0.717, 1.165) is 4.90 Å². The molecule has 0 atom stereocenters. The molecule has 0 saturated heterocycles. The van der Waals surface area contributed by atoms with Gasteiger partial charge in [-0.05, 0) is 12.1 Å². The van der Waals surface area contributed by atoms with Crippen LogP contribution >= 0.6 is 0 Å². The van der Waals surface area contributed by atoms with Crippen LogP contribution in [0.5, 0.6) is 0 Å². The molecule has 0 spiro atoms. The summed E-state index contributed by atoms with van der Waals surface area (Å²) in [6.07, 6.45) is -1.28. The average Bonchev–Trinajstić information content (AvgIpc) is 2.25. The Kier molecular flexibility index (Phi) is 3.40. The number of benzene rings is 1. The van der Waals surface area contributed by atoms with Crippen LogP contribution in [0.25, 0.3) is 0 Å². The molecule has 0 bridgehead atoms. The second kappa shape index (κ2) is 4.75. The van der Waals surface area contributed by atoms with Gasteiger partial charge in [-0.1, -0.05) is 0 Å². The van der Waals surface area contributed by atoms with Crippen molar-refractivity contribution in [2.75, 3.05) is 11.4 Å². The molecule has 0 unspecified atom stereocenters. The van der Waals surface area contributed by atoms with Gasteiger partial charge in [0.05, 0.1) is 11.0 Å². The number of carbonyl (C=O) groups is 1. The molecule has 0 heterocycles. The summed E-state index contributed by atoms with van der Waals surface area (Å²) >= 11 is 0. The van der Waals surface area contributed by atoms with Crippen LogP contribution in [0.3, 0.4) is 0 Å². The Morgan fingerprint density at radius 2 is 2.06 bits per heavy atom. The van der Waals surface area contributed by atoms with E-state index in [1.165, 1.54) is 24.3 Å². The molecule has 1 amide bonds. The lowest BCUT2D eigenvalue weighted by molar-refractivity contribution is -0.384. The fourth-order valence-electron chi connectivity index (χ4n) is 1.09. The monoisotopic (exact) mass is 221 g/mol. The van der Waals surface area contributed by atoms with Crippen molar-refractivity contribution in [1.29, 1.82) is 5.26 Å². The standard InChI is InChI=1S/C9H7N3O4/c10-5-6-11(9(13)14)7-1-3-8(4-2-7)12(15)16/h1-4H,6H2,(H,13,14). The van der Waals surface area contributed by atoms with Gasteiger partial charge in [-0.15, -0.1) is 0 Å². The Balaban J connectivity index is 2.99. The molecule has 82 valence electrons. The number of hydrogen-bond acceptors (Lipinski definition) is 4. The number of nitrogens with zero attached hydrogens (tertiary/aromatic N) is 3. The zero-order valence-electron chi connectivity index (χ0n) is 8.03. The Bertz CT molecular complexity index is 449. The Morgan fingerprint density at radius 3 is 2.44 bits per heavy atom. The van der Waals surface area contributed by atoms with Crippen LogP contribution in [0, 0.1) is 21.4 Å². The number of nitriles is 1. The molecule has 0 aromatic heterocycles. The normalized spacial score (nSPS) is 9.19. The largest absolute Gasteiger partial charge is 0.465 e. The topological polar surface area (TPSA) is 107 Å².